The molecule has 0 aliphatic rings. The predicted octanol–water partition coefficient (Wildman–Crippen LogP) is 1.98. The Balaban J connectivity index is 2.08. The number of ether oxygens (including phenoxy) is 1. The van der Waals surface area contributed by atoms with E-state index in [-0.39, 0.29) is 11.9 Å². The lowest BCUT2D eigenvalue weighted by Crippen LogP contribution is -2.26. The Bertz CT molecular complexity index is 558. The van der Waals surface area contributed by atoms with Crippen LogP contribution in [0.15, 0.2) is 42.7 Å². The molecule has 5 nitrogen and oxygen atoms in total. The van der Waals surface area contributed by atoms with E-state index >= 15 is 0 Å². The SMILES string of the molecule is COc1cccc([C@@H](C)NC(=O)c2ccnnc2)c1. The first-order valence-corrected chi connectivity index (χ1v) is 5.92. The number of carbonyl (C=O) groups is 1. The molecule has 0 aliphatic carbocycles. The monoisotopic (exact) mass is 257 g/mol. The van der Waals surface area contributed by atoms with Gasteiger partial charge in [0, 0.05) is 0 Å². The van der Waals surface area contributed by atoms with Crippen LogP contribution >= 0.6 is 0 Å². The molecule has 0 radical (unpaired) electrons. The van der Waals surface area contributed by atoms with Crippen molar-refractivity contribution in [2.45, 2.75) is 13.0 Å². The van der Waals surface area contributed by atoms with Crippen molar-refractivity contribution in [2.75, 3.05) is 7.11 Å². The molecule has 2 rings (SSSR count). The number of rotatable bonds is 4. The van der Waals surface area contributed by atoms with Gasteiger partial charge in [0.25, 0.3) is 5.91 Å². The van der Waals surface area contributed by atoms with E-state index in [9.17, 15) is 4.79 Å². The van der Waals surface area contributed by atoms with Crippen molar-refractivity contribution < 1.29 is 9.53 Å². The zero-order chi connectivity index (χ0) is 13.7. The van der Waals surface area contributed by atoms with E-state index < -0.39 is 0 Å². The molecule has 98 valence electrons. The molecule has 1 N–H and O–H groups in total. The number of nitrogens with zero attached hydrogens (tertiary/aromatic N) is 2. The maximum Gasteiger partial charge on any atom is 0.253 e. The van der Waals surface area contributed by atoms with Gasteiger partial charge in [0.2, 0.25) is 0 Å². The smallest absolute Gasteiger partial charge is 0.253 e. The third kappa shape index (κ3) is 3.28. The van der Waals surface area contributed by atoms with Gasteiger partial charge in [-0.2, -0.15) is 10.2 Å². The lowest BCUT2D eigenvalue weighted by atomic mass is 10.1. The van der Waals surface area contributed by atoms with E-state index in [0.29, 0.717) is 5.56 Å². The second-order valence-corrected chi connectivity index (χ2v) is 4.10. The second-order valence-electron chi connectivity index (χ2n) is 4.10. The molecule has 0 spiro atoms. The summed E-state index contributed by atoms with van der Waals surface area (Å²) in [4.78, 5) is 12.0. The third-order valence-electron chi connectivity index (χ3n) is 2.79. The fourth-order valence-corrected chi connectivity index (χ4v) is 1.70. The van der Waals surface area contributed by atoms with Gasteiger partial charge in [-0.05, 0) is 30.7 Å². The minimum atomic E-state index is -0.176. The quantitative estimate of drug-likeness (QED) is 0.909. The van der Waals surface area contributed by atoms with E-state index in [1.807, 2.05) is 31.2 Å². The molecule has 1 aromatic heterocycles. The summed E-state index contributed by atoms with van der Waals surface area (Å²) < 4.78 is 5.16. The Hall–Kier alpha value is -2.43. The summed E-state index contributed by atoms with van der Waals surface area (Å²) in [6.45, 7) is 1.92. The molecular weight excluding hydrogens is 242 g/mol. The van der Waals surface area contributed by atoms with Crippen LogP contribution in [-0.2, 0) is 0 Å². The van der Waals surface area contributed by atoms with Gasteiger partial charge in [-0.3, -0.25) is 4.79 Å². The van der Waals surface area contributed by atoms with Crippen LogP contribution in [-0.4, -0.2) is 23.2 Å². The van der Waals surface area contributed by atoms with Crippen LogP contribution < -0.4 is 10.1 Å². The molecule has 0 fully saturated rings. The van der Waals surface area contributed by atoms with Crippen LogP contribution in [0.2, 0.25) is 0 Å². The highest BCUT2D eigenvalue weighted by Gasteiger charge is 2.11. The van der Waals surface area contributed by atoms with E-state index in [2.05, 4.69) is 15.5 Å². The molecule has 19 heavy (non-hydrogen) atoms. The first-order chi connectivity index (χ1) is 9.20. The molecule has 1 aromatic carbocycles. The molecule has 0 saturated heterocycles. The van der Waals surface area contributed by atoms with Crippen LogP contribution in [0, 0.1) is 0 Å². The number of benzene rings is 1. The van der Waals surface area contributed by atoms with Crippen LogP contribution in [0.4, 0.5) is 0 Å². The summed E-state index contributed by atoms with van der Waals surface area (Å²) in [5, 5.41) is 10.2. The van der Waals surface area contributed by atoms with E-state index in [1.165, 1.54) is 12.4 Å². The molecule has 1 amide bonds. The highest BCUT2D eigenvalue weighted by atomic mass is 16.5. The molecule has 0 aliphatic heterocycles. The van der Waals surface area contributed by atoms with Crippen molar-refractivity contribution in [2.24, 2.45) is 0 Å². The van der Waals surface area contributed by atoms with Crippen molar-refractivity contribution in [3.8, 4) is 5.75 Å². The molecule has 2 aromatic rings. The first kappa shape index (κ1) is 13.0. The Morgan fingerprint density at radius 2 is 2.16 bits per heavy atom. The Labute approximate surface area is 111 Å². The summed E-state index contributed by atoms with van der Waals surface area (Å²) in [6.07, 6.45) is 2.93. The summed E-state index contributed by atoms with van der Waals surface area (Å²) in [5.74, 6) is 0.592. The molecular formula is C14H15N3O2. The largest absolute Gasteiger partial charge is 0.497 e. The van der Waals surface area contributed by atoms with Crippen molar-refractivity contribution >= 4 is 5.91 Å². The van der Waals surface area contributed by atoms with E-state index in [4.69, 9.17) is 4.74 Å². The first-order valence-electron chi connectivity index (χ1n) is 5.92. The zero-order valence-corrected chi connectivity index (χ0v) is 10.8. The van der Waals surface area contributed by atoms with Gasteiger partial charge in [-0.25, -0.2) is 0 Å². The summed E-state index contributed by atoms with van der Waals surface area (Å²) in [5.41, 5.74) is 1.47. The standard InChI is InChI=1S/C14H15N3O2/c1-10(11-4-3-5-13(8-11)19-2)17-14(18)12-6-7-15-16-9-12/h3-10H,1-2H3,(H,17,18)/t10-/m1/s1. The van der Waals surface area contributed by atoms with Crippen LogP contribution in [0.3, 0.4) is 0 Å². The third-order valence-corrected chi connectivity index (χ3v) is 2.79. The Morgan fingerprint density at radius 1 is 1.32 bits per heavy atom. The Morgan fingerprint density at radius 3 is 2.84 bits per heavy atom. The summed E-state index contributed by atoms with van der Waals surface area (Å²) in [6, 6.07) is 9.11. The van der Waals surface area contributed by atoms with Gasteiger partial charge < -0.3 is 10.1 Å². The lowest BCUT2D eigenvalue weighted by Gasteiger charge is -2.15. The number of nitrogens with one attached hydrogen (secondary N) is 1. The summed E-state index contributed by atoms with van der Waals surface area (Å²) in [7, 11) is 1.62. The van der Waals surface area contributed by atoms with Gasteiger partial charge in [0.05, 0.1) is 31.1 Å². The van der Waals surface area contributed by atoms with Crippen molar-refractivity contribution in [1.29, 1.82) is 0 Å². The minimum Gasteiger partial charge on any atom is -0.497 e. The van der Waals surface area contributed by atoms with Crippen LogP contribution in [0.1, 0.15) is 28.9 Å². The van der Waals surface area contributed by atoms with E-state index in [0.717, 1.165) is 11.3 Å². The fourth-order valence-electron chi connectivity index (χ4n) is 1.70. The van der Waals surface area contributed by atoms with Crippen molar-refractivity contribution in [3.63, 3.8) is 0 Å². The van der Waals surface area contributed by atoms with Crippen molar-refractivity contribution in [1.82, 2.24) is 15.5 Å². The van der Waals surface area contributed by atoms with Gasteiger partial charge in [-0.1, -0.05) is 12.1 Å². The fraction of sp³-hybridized carbons (Fsp3) is 0.214. The molecule has 0 saturated carbocycles. The molecule has 5 heteroatoms. The Kier molecular flexibility index (Phi) is 4.07. The zero-order valence-electron chi connectivity index (χ0n) is 10.8. The van der Waals surface area contributed by atoms with Gasteiger partial charge >= 0.3 is 0 Å². The van der Waals surface area contributed by atoms with Crippen molar-refractivity contribution in [3.05, 3.63) is 53.9 Å². The van der Waals surface area contributed by atoms with E-state index in [1.54, 1.807) is 13.2 Å². The predicted molar refractivity (Wildman–Crippen MR) is 70.9 cm³/mol. The second kappa shape index (κ2) is 5.95. The average Bonchev–Trinajstić information content (AvgIpc) is 2.48. The topological polar surface area (TPSA) is 64.1 Å². The number of amides is 1. The molecule has 0 bridgehead atoms. The minimum absolute atomic E-state index is 0.115. The number of hydrogen-bond donors (Lipinski definition) is 1. The highest BCUT2D eigenvalue weighted by Crippen LogP contribution is 2.18. The maximum absolute atomic E-state index is 12.0. The van der Waals surface area contributed by atoms with Crippen LogP contribution in [0.25, 0.3) is 0 Å². The van der Waals surface area contributed by atoms with Gasteiger partial charge in [0.1, 0.15) is 5.75 Å². The maximum atomic E-state index is 12.0. The van der Waals surface area contributed by atoms with Crippen LogP contribution in [0.5, 0.6) is 5.75 Å². The number of aromatic nitrogens is 2. The number of hydrogen-bond acceptors (Lipinski definition) is 4. The number of methoxy groups -OCH3 is 1. The summed E-state index contributed by atoms with van der Waals surface area (Å²) >= 11 is 0. The molecule has 1 heterocycles. The molecule has 1 atom stereocenters. The lowest BCUT2D eigenvalue weighted by molar-refractivity contribution is 0.0939. The molecule has 0 unspecified atom stereocenters. The highest BCUT2D eigenvalue weighted by molar-refractivity contribution is 5.93. The normalized spacial score (nSPS) is 11.7. The van der Waals surface area contributed by atoms with Gasteiger partial charge in [0.15, 0.2) is 0 Å². The number of carbonyl (C=O) groups excluding carboxylic acids is 1. The van der Waals surface area contributed by atoms with Gasteiger partial charge in [-0.15, -0.1) is 0 Å². The average molecular weight is 257 g/mol.